The van der Waals surface area contributed by atoms with Gasteiger partial charge in [-0.05, 0) is 24.6 Å². The molecule has 0 aliphatic heterocycles. The van der Waals surface area contributed by atoms with Gasteiger partial charge in [-0.15, -0.1) is 5.10 Å². The molecule has 2 N–H and O–H groups in total. The van der Waals surface area contributed by atoms with Gasteiger partial charge in [-0.25, -0.2) is 9.48 Å². The number of nitrogens with zero attached hydrogens (tertiary/aromatic N) is 3. The zero-order valence-electron chi connectivity index (χ0n) is 10.6. The molecule has 1 aromatic carbocycles. The van der Waals surface area contributed by atoms with Crippen molar-refractivity contribution in [2.75, 3.05) is 0 Å². The lowest BCUT2D eigenvalue weighted by Gasteiger charge is -2.07. The largest absolute Gasteiger partial charge is 0.478 e. The number of hydrogen-bond donors (Lipinski definition) is 2. The number of carbonyl (C=O) groups is 1. The van der Waals surface area contributed by atoms with Gasteiger partial charge in [0.1, 0.15) is 5.69 Å². The summed E-state index contributed by atoms with van der Waals surface area (Å²) in [7, 11) is 0. The zero-order valence-corrected chi connectivity index (χ0v) is 10.6. The zero-order chi connectivity index (χ0) is 13.8. The first-order valence-corrected chi connectivity index (χ1v) is 6.05. The minimum absolute atomic E-state index is 0.173. The van der Waals surface area contributed by atoms with Gasteiger partial charge < -0.3 is 10.2 Å². The molecular formula is C13H15N3O3. The number of aliphatic hydroxyl groups excluding tert-OH is 1. The Hall–Kier alpha value is -2.21. The third kappa shape index (κ3) is 2.63. The molecule has 6 heteroatoms. The lowest BCUT2D eigenvalue weighted by molar-refractivity contribution is 0.0697. The molecule has 0 amide bonds. The maximum absolute atomic E-state index is 11.0. The second-order valence-electron chi connectivity index (χ2n) is 4.16. The van der Waals surface area contributed by atoms with Crippen molar-refractivity contribution in [1.82, 2.24) is 15.0 Å². The van der Waals surface area contributed by atoms with Crippen molar-refractivity contribution in [3.8, 4) is 5.69 Å². The van der Waals surface area contributed by atoms with Crippen molar-refractivity contribution < 1.29 is 15.0 Å². The molecule has 0 radical (unpaired) electrons. The van der Waals surface area contributed by atoms with Crippen LogP contribution in [0.5, 0.6) is 0 Å². The van der Waals surface area contributed by atoms with E-state index >= 15 is 0 Å². The first-order chi connectivity index (χ1) is 9.17. The van der Waals surface area contributed by atoms with Crippen molar-refractivity contribution in [1.29, 1.82) is 0 Å². The van der Waals surface area contributed by atoms with Gasteiger partial charge in [-0.2, -0.15) is 0 Å². The number of aromatic nitrogens is 3. The van der Waals surface area contributed by atoms with Crippen LogP contribution in [0.3, 0.4) is 0 Å². The predicted octanol–water partition coefficient (Wildman–Crippen LogP) is 1.41. The number of aromatic carboxylic acids is 1. The number of benzene rings is 1. The van der Waals surface area contributed by atoms with Gasteiger partial charge in [0.2, 0.25) is 0 Å². The Labute approximate surface area is 110 Å². The molecule has 1 heterocycles. The molecule has 0 spiro atoms. The van der Waals surface area contributed by atoms with E-state index in [4.69, 9.17) is 5.11 Å². The van der Waals surface area contributed by atoms with Crippen LogP contribution in [0.1, 0.15) is 35.1 Å². The highest BCUT2D eigenvalue weighted by Gasteiger charge is 2.13. The Morgan fingerprint density at radius 2 is 2.21 bits per heavy atom. The van der Waals surface area contributed by atoms with E-state index in [-0.39, 0.29) is 12.2 Å². The van der Waals surface area contributed by atoms with Crippen LogP contribution in [0.25, 0.3) is 5.69 Å². The summed E-state index contributed by atoms with van der Waals surface area (Å²) in [6, 6.07) is 6.49. The highest BCUT2D eigenvalue weighted by Crippen LogP contribution is 2.16. The van der Waals surface area contributed by atoms with Crippen LogP contribution < -0.4 is 0 Å². The number of carboxylic acid groups (broad SMARTS) is 1. The molecule has 0 aliphatic carbocycles. The molecule has 6 nitrogen and oxygen atoms in total. The Bertz CT molecular complexity index is 593. The second kappa shape index (κ2) is 5.62. The highest BCUT2D eigenvalue weighted by molar-refractivity contribution is 5.88. The standard InChI is InChI=1S/C13H15N3O3/c1-2-4-12-11(8-17)14-15-16(12)10-6-3-5-9(7-10)13(18)19/h3,5-7,17H,2,4,8H2,1H3,(H,18,19). The SMILES string of the molecule is CCCc1c(CO)nnn1-c1cccc(C(=O)O)c1. The average molecular weight is 261 g/mol. The normalized spacial score (nSPS) is 10.6. The smallest absolute Gasteiger partial charge is 0.335 e. The number of hydrogen-bond acceptors (Lipinski definition) is 4. The van der Waals surface area contributed by atoms with Gasteiger partial charge in [-0.1, -0.05) is 24.6 Å². The Morgan fingerprint density at radius 1 is 1.42 bits per heavy atom. The number of rotatable bonds is 5. The molecule has 0 atom stereocenters. The molecule has 19 heavy (non-hydrogen) atoms. The predicted molar refractivity (Wildman–Crippen MR) is 68.2 cm³/mol. The fourth-order valence-corrected chi connectivity index (χ4v) is 1.92. The quantitative estimate of drug-likeness (QED) is 0.849. The molecule has 2 rings (SSSR count). The summed E-state index contributed by atoms with van der Waals surface area (Å²) in [5.41, 5.74) is 2.17. The van der Waals surface area contributed by atoms with Crippen LogP contribution in [0.15, 0.2) is 24.3 Å². The number of aliphatic hydroxyl groups is 1. The van der Waals surface area contributed by atoms with Gasteiger partial charge in [0.15, 0.2) is 0 Å². The van der Waals surface area contributed by atoms with Crippen LogP contribution >= 0.6 is 0 Å². The molecule has 0 saturated heterocycles. The summed E-state index contributed by atoms with van der Waals surface area (Å²) in [5.74, 6) is -0.985. The van der Waals surface area contributed by atoms with Crippen molar-refractivity contribution >= 4 is 5.97 Å². The maximum Gasteiger partial charge on any atom is 0.335 e. The summed E-state index contributed by atoms with van der Waals surface area (Å²) in [6.07, 6.45) is 1.61. The Morgan fingerprint density at radius 3 is 2.84 bits per heavy atom. The van der Waals surface area contributed by atoms with Crippen LogP contribution in [0, 0.1) is 0 Å². The maximum atomic E-state index is 11.0. The molecule has 0 fully saturated rings. The monoisotopic (exact) mass is 261 g/mol. The van der Waals surface area contributed by atoms with E-state index in [1.54, 1.807) is 16.8 Å². The second-order valence-corrected chi connectivity index (χ2v) is 4.16. The van der Waals surface area contributed by atoms with Gasteiger partial charge in [0.05, 0.1) is 23.6 Å². The number of carboxylic acids is 1. The third-order valence-corrected chi connectivity index (χ3v) is 2.82. The molecular weight excluding hydrogens is 246 g/mol. The molecule has 0 bridgehead atoms. The van der Waals surface area contributed by atoms with Crippen LogP contribution in [-0.2, 0) is 13.0 Å². The summed E-state index contributed by atoms with van der Waals surface area (Å²) < 4.78 is 1.58. The molecule has 1 aromatic heterocycles. The van der Waals surface area contributed by atoms with E-state index in [0.717, 1.165) is 18.5 Å². The summed E-state index contributed by atoms with van der Waals surface area (Å²) >= 11 is 0. The van der Waals surface area contributed by atoms with Crippen LogP contribution in [0.4, 0.5) is 0 Å². The van der Waals surface area contributed by atoms with Crippen molar-refractivity contribution in [3.05, 3.63) is 41.2 Å². The van der Waals surface area contributed by atoms with E-state index in [9.17, 15) is 9.90 Å². The molecule has 100 valence electrons. The lowest BCUT2D eigenvalue weighted by atomic mass is 10.1. The van der Waals surface area contributed by atoms with Crippen molar-refractivity contribution in [2.45, 2.75) is 26.4 Å². The Kier molecular flexibility index (Phi) is 3.91. The molecule has 0 aliphatic rings. The van der Waals surface area contributed by atoms with Crippen molar-refractivity contribution in [3.63, 3.8) is 0 Å². The van der Waals surface area contributed by atoms with E-state index < -0.39 is 5.97 Å². The molecule has 2 aromatic rings. The topological polar surface area (TPSA) is 88.2 Å². The highest BCUT2D eigenvalue weighted by atomic mass is 16.4. The van der Waals surface area contributed by atoms with Crippen LogP contribution in [-0.4, -0.2) is 31.2 Å². The first kappa shape index (κ1) is 13.2. The van der Waals surface area contributed by atoms with Gasteiger partial charge in [-0.3, -0.25) is 0 Å². The van der Waals surface area contributed by atoms with E-state index in [2.05, 4.69) is 10.3 Å². The molecule has 0 unspecified atom stereocenters. The van der Waals surface area contributed by atoms with Gasteiger partial charge in [0.25, 0.3) is 0 Å². The Balaban J connectivity index is 2.49. The van der Waals surface area contributed by atoms with Gasteiger partial charge >= 0.3 is 5.97 Å². The van der Waals surface area contributed by atoms with E-state index in [1.807, 2.05) is 6.92 Å². The average Bonchev–Trinajstić information content (AvgIpc) is 2.82. The van der Waals surface area contributed by atoms with Crippen LogP contribution in [0.2, 0.25) is 0 Å². The van der Waals surface area contributed by atoms with Crippen molar-refractivity contribution in [2.24, 2.45) is 0 Å². The van der Waals surface area contributed by atoms with E-state index in [1.165, 1.54) is 12.1 Å². The summed E-state index contributed by atoms with van der Waals surface area (Å²) in [5, 5.41) is 26.1. The third-order valence-electron chi connectivity index (χ3n) is 2.82. The fourth-order valence-electron chi connectivity index (χ4n) is 1.92. The van der Waals surface area contributed by atoms with E-state index in [0.29, 0.717) is 11.4 Å². The summed E-state index contributed by atoms with van der Waals surface area (Å²) in [4.78, 5) is 11.0. The molecule has 0 saturated carbocycles. The minimum Gasteiger partial charge on any atom is -0.478 e. The fraction of sp³-hybridized carbons (Fsp3) is 0.308. The lowest BCUT2D eigenvalue weighted by Crippen LogP contribution is -2.05. The van der Waals surface area contributed by atoms with Gasteiger partial charge in [0, 0.05) is 0 Å². The first-order valence-electron chi connectivity index (χ1n) is 6.05. The minimum atomic E-state index is -0.985. The summed E-state index contributed by atoms with van der Waals surface area (Å²) in [6.45, 7) is 1.85.